The van der Waals surface area contributed by atoms with Gasteiger partial charge in [-0.25, -0.2) is 9.18 Å². The molecule has 2 aromatic rings. The number of carboxylic acid groups (broad SMARTS) is 1. The molecule has 6 heteroatoms. The van der Waals surface area contributed by atoms with Gasteiger partial charge in [0.25, 0.3) is 0 Å². The van der Waals surface area contributed by atoms with Crippen molar-refractivity contribution in [1.29, 1.82) is 5.26 Å². The van der Waals surface area contributed by atoms with Gasteiger partial charge in [-0.15, -0.1) is 0 Å². The second-order valence-corrected chi connectivity index (χ2v) is 4.00. The lowest BCUT2D eigenvalue weighted by Crippen LogP contribution is -2.05. The maximum absolute atomic E-state index is 13.0. The zero-order valence-corrected chi connectivity index (χ0v) is 10.3. The molecule has 0 aliphatic carbocycles. The van der Waals surface area contributed by atoms with Crippen LogP contribution in [0.3, 0.4) is 0 Å². The van der Waals surface area contributed by atoms with Crippen molar-refractivity contribution in [2.24, 2.45) is 0 Å². The second-order valence-electron chi connectivity index (χ2n) is 4.00. The van der Waals surface area contributed by atoms with Gasteiger partial charge >= 0.3 is 5.97 Å². The Labute approximate surface area is 114 Å². The van der Waals surface area contributed by atoms with Crippen molar-refractivity contribution in [3.63, 3.8) is 0 Å². The number of rotatable bonds is 4. The highest BCUT2D eigenvalue weighted by atomic mass is 19.1. The largest absolute Gasteiger partial charge is 0.478 e. The molecule has 2 rings (SSSR count). The maximum Gasteiger partial charge on any atom is 0.335 e. The van der Waals surface area contributed by atoms with Crippen LogP contribution in [0.4, 0.5) is 10.1 Å². The molecule has 100 valence electrons. The molecule has 0 aliphatic heterocycles. The summed E-state index contributed by atoms with van der Waals surface area (Å²) in [6.45, 7) is 0.238. The molecule has 2 N–H and O–H groups in total. The van der Waals surface area contributed by atoms with E-state index in [1.165, 1.54) is 30.5 Å². The van der Waals surface area contributed by atoms with Gasteiger partial charge in [0, 0.05) is 6.20 Å². The summed E-state index contributed by atoms with van der Waals surface area (Å²) in [5.74, 6) is -1.52. The summed E-state index contributed by atoms with van der Waals surface area (Å²) in [4.78, 5) is 14.9. The van der Waals surface area contributed by atoms with Gasteiger partial charge in [0.2, 0.25) is 0 Å². The minimum Gasteiger partial charge on any atom is -0.478 e. The number of anilines is 1. The second kappa shape index (κ2) is 5.80. The molecule has 0 amide bonds. The summed E-state index contributed by atoms with van der Waals surface area (Å²) in [7, 11) is 0. The topological polar surface area (TPSA) is 86.0 Å². The number of hydrogen-bond donors (Lipinski definition) is 2. The van der Waals surface area contributed by atoms with Crippen LogP contribution in [0.2, 0.25) is 0 Å². The molecule has 0 saturated heterocycles. The zero-order valence-electron chi connectivity index (χ0n) is 10.3. The molecule has 0 fully saturated rings. The average molecular weight is 271 g/mol. The number of carboxylic acids is 1. The number of halogens is 1. The number of nitrogens with one attached hydrogen (secondary N) is 1. The maximum atomic E-state index is 13.0. The Hall–Kier alpha value is -2.94. The van der Waals surface area contributed by atoms with Crippen LogP contribution in [0.5, 0.6) is 0 Å². The van der Waals surface area contributed by atoms with Gasteiger partial charge in [-0.3, -0.25) is 4.98 Å². The van der Waals surface area contributed by atoms with E-state index in [-0.39, 0.29) is 17.7 Å². The fourth-order valence-corrected chi connectivity index (χ4v) is 1.66. The first-order valence-corrected chi connectivity index (χ1v) is 5.72. The van der Waals surface area contributed by atoms with Gasteiger partial charge in [-0.2, -0.15) is 5.26 Å². The quantitative estimate of drug-likeness (QED) is 0.891. The lowest BCUT2D eigenvalue weighted by atomic mass is 10.2. The first-order chi connectivity index (χ1) is 9.60. The van der Waals surface area contributed by atoms with Crippen molar-refractivity contribution >= 4 is 11.7 Å². The molecule has 20 heavy (non-hydrogen) atoms. The van der Waals surface area contributed by atoms with Crippen LogP contribution in [0, 0.1) is 17.1 Å². The van der Waals surface area contributed by atoms with E-state index in [0.29, 0.717) is 11.4 Å². The predicted molar refractivity (Wildman–Crippen MR) is 69.6 cm³/mol. The van der Waals surface area contributed by atoms with E-state index in [0.717, 1.165) is 6.07 Å². The Morgan fingerprint density at radius 1 is 1.40 bits per heavy atom. The van der Waals surface area contributed by atoms with E-state index in [1.54, 1.807) is 0 Å². The van der Waals surface area contributed by atoms with Crippen molar-refractivity contribution < 1.29 is 14.3 Å². The molecule has 0 aliphatic rings. The molecule has 5 nitrogen and oxygen atoms in total. The smallest absolute Gasteiger partial charge is 0.335 e. The van der Waals surface area contributed by atoms with Crippen LogP contribution in [0.15, 0.2) is 36.5 Å². The Morgan fingerprint density at radius 2 is 2.20 bits per heavy atom. The molecule has 1 aromatic carbocycles. The van der Waals surface area contributed by atoms with Crippen molar-refractivity contribution in [2.45, 2.75) is 6.54 Å². The normalized spacial score (nSPS) is 9.80. The number of carbonyl (C=O) groups is 1. The SMILES string of the molecule is N#Cc1cc(F)ccc1NCc1cc(C(=O)O)ccn1. The molecular weight excluding hydrogens is 261 g/mol. The van der Waals surface area contributed by atoms with Crippen molar-refractivity contribution in [3.8, 4) is 6.07 Å². The van der Waals surface area contributed by atoms with Crippen molar-refractivity contribution in [3.05, 3.63) is 59.2 Å². The number of nitriles is 1. The summed E-state index contributed by atoms with van der Waals surface area (Å²) in [5.41, 5.74) is 1.30. The Bertz CT molecular complexity index is 695. The summed E-state index contributed by atoms with van der Waals surface area (Å²) < 4.78 is 13.0. The highest BCUT2D eigenvalue weighted by Crippen LogP contribution is 2.16. The number of benzene rings is 1. The Morgan fingerprint density at radius 3 is 2.90 bits per heavy atom. The molecule has 0 unspecified atom stereocenters. The number of nitrogens with zero attached hydrogens (tertiary/aromatic N) is 2. The van der Waals surface area contributed by atoms with Gasteiger partial charge in [0.05, 0.1) is 29.1 Å². The van der Waals surface area contributed by atoms with Gasteiger partial charge < -0.3 is 10.4 Å². The Balaban J connectivity index is 2.15. The van der Waals surface area contributed by atoms with Crippen LogP contribution in [-0.4, -0.2) is 16.1 Å². The number of pyridine rings is 1. The van der Waals surface area contributed by atoms with E-state index >= 15 is 0 Å². The molecule has 1 heterocycles. The summed E-state index contributed by atoms with van der Waals surface area (Å²) in [6.07, 6.45) is 1.40. The van der Waals surface area contributed by atoms with Gasteiger partial charge in [0.15, 0.2) is 0 Å². The molecule has 0 atom stereocenters. The first kappa shape index (κ1) is 13.5. The number of aromatic carboxylic acids is 1. The third-order valence-corrected chi connectivity index (χ3v) is 2.63. The summed E-state index contributed by atoms with van der Waals surface area (Å²) in [6, 6.07) is 8.54. The summed E-state index contributed by atoms with van der Waals surface area (Å²) >= 11 is 0. The third kappa shape index (κ3) is 3.09. The molecule has 0 radical (unpaired) electrons. The van der Waals surface area contributed by atoms with Crippen LogP contribution in [-0.2, 0) is 6.54 Å². The Kier molecular flexibility index (Phi) is 3.91. The first-order valence-electron chi connectivity index (χ1n) is 5.72. The van der Waals surface area contributed by atoms with E-state index in [4.69, 9.17) is 10.4 Å². The van der Waals surface area contributed by atoms with E-state index < -0.39 is 11.8 Å². The minimum absolute atomic E-state index is 0.136. The predicted octanol–water partition coefficient (Wildman–Crippen LogP) is 2.40. The van der Waals surface area contributed by atoms with Crippen molar-refractivity contribution in [2.75, 3.05) is 5.32 Å². The summed E-state index contributed by atoms with van der Waals surface area (Å²) in [5, 5.41) is 20.7. The van der Waals surface area contributed by atoms with E-state index in [2.05, 4.69) is 10.3 Å². The fraction of sp³-hybridized carbons (Fsp3) is 0.0714. The van der Waals surface area contributed by atoms with Crippen molar-refractivity contribution in [1.82, 2.24) is 4.98 Å². The lowest BCUT2D eigenvalue weighted by Gasteiger charge is -2.08. The fourth-order valence-electron chi connectivity index (χ4n) is 1.66. The zero-order chi connectivity index (χ0) is 14.5. The van der Waals surface area contributed by atoms with Gasteiger partial charge in [-0.05, 0) is 30.3 Å². The van der Waals surface area contributed by atoms with E-state index in [1.807, 2.05) is 6.07 Å². The molecular formula is C14H10FN3O2. The average Bonchev–Trinajstić information content (AvgIpc) is 2.46. The highest BCUT2D eigenvalue weighted by Gasteiger charge is 2.06. The monoisotopic (exact) mass is 271 g/mol. The van der Waals surface area contributed by atoms with E-state index in [9.17, 15) is 9.18 Å². The molecule has 0 saturated carbocycles. The minimum atomic E-state index is -1.03. The van der Waals surface area contributed by atoms with Crippen LogP contribution in [0.1, 0.15) is 21.6 Å². The molecule has 0 bridgehead atoms. The van der Waals surface area contributed by atoms with Gasteiger partial charge in [0.1, 0.15) is 11.9 Å². The van der Waals surface area contributed by atoms with Crippen LogP contribution < -0.4 is 5.32 Å². The third-order valence-electron chi connectivity index (χ3n) is 2.63. The van der Waals surface area contributed by atoms with Crippen LogP contribution >= 0.6 is 0 Å². The van der Waals surface area contributed by atoms with Gasteiger partial charge in [-0.1, -0.05) is 0 Å². The lowest BCUT2D eigenvalue weighted by molar-refractivity contribution is 0.0696. The molecule has 0 spiro atoms. The number of aromatic nitrogens is 1. The number of hydrogen-bond acceptors (Lipinski definition) is 4. The van der Waals surface area contributed by atoms with Crippen LogP contribution in [0.25, 0.3) is 0 Å². The molecule has 1 aromatic heterocycles. The standard InChI is InChI=1S/C14H10FN3O2/c15-11-1-2-13(10(5-11)7-16)18-8-12-6-9(14(19)20)3-4-17-12/h1-6,18H,8H2,(H,19,20). The highest BCUT2D eigenvalue weighted by molar-refractivity contribution is 5.87.